The number of benzene rings is 4. The summed E-state index contributed by atoms with van der Waals surface area (Å²) in [5, 5.41) is 6.68. The van der Waals surface area contributed by atoms with E-state index in [4.69, 9.17) is 11.5 Å². The zero-order valence-electron chi connectivity index (χ0n) is 12.5. The van der Waals surface area contributed by atoms with Crippen molar-refractivity contribution in [3.05, 3.63) is 60.2 Å². The molecular formula is C20H16N2O. The highest BCUT2D eigenvalue weighted by atomic mass is 16.1. The Bertz CT molecular complexity index is 1040. The molecule has 0 spiro atoms. The number of hydrogen-bond acceptors (Lipinski definition) is 2. The van der Waals surface area contributed by atoms with E-state index in [1.54, 1.807) is 0 Å². The van der Waals surface area contributed by atoms with Crippen LogP contribution in [0.3, 0.4) is 0 Å². The maximum absolute atomic E-state index is 11.7. The Morgan fingerprint density at radius 1 is 0.957 bits per heavy atom. The molecule has 4 aromatic carbocycles. The van der Waals surface area contributed by atoms with Gasteiger partial charge in [0.15, 0.2) is 0 Å². The molecule has 0 unspecified atom stereocenters. The number of primary amides is 1. The Morgan fingerprint density at radius 2 is 1.52 bits per heavy atom. The highest BCUT2D eigenvalue weighted by Gasteiger charge is 2.13. The van der Waals surface area contributed by atoms with Crippen molar-refractivity contribution in [1.82, 2.24) is 0 Å². The Morgan fingerprint density at radius 3 is 2.13 bits per heavy atom. The topological polar surface area (TPSA) is 69.1 Å². The molecule has 0 saturated carbocycles. The first-order valence-corrected chi connectivity index (χ1v) is 7.27. The molecule has 0 aliphatic carbocycles. The zero-order valence-corrected chi connectivity index (χ0v) is 12.5. The van der Waals surface area contributed by atoms with Gasteiger partial charge in [-0.25, -0.2) is 0 Å². The quantitative estimate of drug-likeness (QED) is 0.418. The van der Waals surface area contributed by atoms with Crippen LogP contribution in [0.5, 0.6) is 0 Å². The van der Waals surface area contributed by atoms with Gasteiger partial charge in [0.05, 0.1) is 6.54 Å². The van der Waals surface area contributed by atoms with Crippen LogP contribution in [0.15, 0.2) is 54.6 Å². The molecule has 0 heterocycles. The molecule has 0 fully saturated rings. The van der Waals surface area contributed by atoms with Crippen LogP contribution in [0, 0.1) is 12.3 Å². The summed E-state index contributed by atoms with van der Waals surface area (Å²) >= 11 is 0. The van der Waals surface area contributed by atoms with Crippen molar-refractivity contribution in [3.8, 4) is 12.3 Å². The third-order valence-corrected chi connectivity index (χ3v) is 3.89. The lowest BCUT2D eigenvalue weighted by atomic mass is 9.91. The summed E-state index contributed by atoms with van der Waals surface area (Å²) in [6, 6.07) is 18.2. The molecule has 0 atom stereocenters. The van der Waals surface area contributed by atoms with Crippen molar-refractivity contribution in [2.24, 2.45) is 11.5 Å². The second-order valence-corrected chi connectivity index (χ2v) is 5.25. The van der Waals surface area contributed by atoms with Crippen molar-refractivity contribution in [2.75, 3.05) is 6.54 Å². The second-order valence-electron chi connectivity index (χ2n) is 5.25. The third-order valence-electron chi connectivity index (χ3n) is 3.89. The van der Waals surface area contributed by atoms with Crippen molar-refractivity contribution < 1.29 is 4.79 Å². The number of hydrogen-bond donors (Lipinski definition) is 2. The Hall–Kier alpha value is -3.09. The van der Waals surface area contributed by atoms with E-state index in [1.807, 2.05) is 30.3 Å². The minimum Gasteiger partial charge on any atom is -0.366 e. The molecule has 0 aliphatic heterocycles. The molecule has 4 rings (SSSR count). The van der Waals surface area contributed by atoms with Gasteiger partial charge in [0, 0.05) is 5.56 Å². The molecular weight excluding hydrogens is 284 g/mol. The van der Waals surface area contributed by atoms with Crippen molar-refractivity contribution >= 4 is 38.2 Å². The monoisotopic (exact) mass is 300 g/mol. The Kier molecular flexibility index (Phi) is 3.84. The maximum Gasteiger partial charge on any atom is 0.249 e. The van der Waals surface area contributed by atoms with Gasteiger partial charge in [0.2, 0.25) is 5.91 Å². The minimum atomic E-state index is -0.376. The lowest BCUT2D eigenvalue weighted by Crippen LogP contribution is -2.11. The molecule has 3 heteroatoms. The number of rotatable bonds is 1. The second kappa shape index (κ2) is 5.96. The number of carbonyl (C=O) groups excluding carboxylic acids is 1. The number of terminal acetylenes is 1. The molecule has 0 radical (unpaired) electrons. The van der Waals surface area contributed by atoms with Crippen LogP contribution in [0.25, 0.3) is 32.3 Å². The summed E-state index contributed by atoms with van der Waals surface area (Å²) in [6.07, 6.45) is 4.65. The standard InChI is InChI=1S/C17H11NO.C3H5N/c18-17(19)14-9-12-5-1-3-10-7-8-11-4-2-6-13(14)16(11)15(10)12;1-2-3-4/h1-9H,(H2,18,19);1H,3-4H2. The van der Waals surface area contributed by atoms with E-state index in [9.17, 15) is 4.79 Å². The fraction of sp³-hybridized carbons (Fsp3) is 0.0500. The van der Waals surface area contributed by atoms with Gasteiger partial charge in [-0.2, -0.15) is 0 Å². The maximum atomic E-state index is 11.7. The summed E-state index contributed by atoms with van der Waals surface area (Å²) in [6.45, 7) is 0.347. The lowest BCUT2D eigenvalue weighted by Gasteiger charge is -2.12. The van der Waals surface area contributed by atoms with Crippen molar-refractivity contribution in [2.45, 2.75) is 0 Å². The molecule has 1 amide bonds. The van der Waals surface area contributed by atoms with E-state index < -0.39 is 0 Å². The lowest BCUT2D eigenvalue weighted by molar-refractivity contribution is 0.100. The van der Waals surface area contributed by atoms with E-state index in [2.05, 4.69) is 36.6 Å². The molecule has 0 aromatic heterocycles. The normalized spacial score (nSPS) is 10.4. The molecule has 23 heavy (non-hydrogen) atoms. The molecule has 0 aliphatic rings. The summed E-state index contributed by atoms with van der Waals surface area (Å²) in [5.74, 6) is 1.83. The SMILES string of the molecule is C#CCN.NC(=O)c1cc2cccc3ccc4cccc1c4c32. The molecule has 0 saturated heterocycles. The van der Waals surface area contributed by atoms with Crippen LogP contribution in [0.4, 0.5) is 0 Å². The van der Waals surface area contributed by atoms with E-state index in [-0.39, 0.29) is 5.91 Å². The summed E-state index contributed by atoms with van der Waals surface area (Å²) in [7, 11) is 0. The smallest absolute Gasteiger partial charge is 0.249 e. The fourth-order valence-corrected chi connectivity index (χ4v) is 2.97. The van der Waals surface area contributed by atoms with E-state index in [0.717, 1.165) is 21.5 Å². The predicted molar refractivity (Wildman–Crippen MR) is 96.6 cm³/mol. The number of carbonyl (C=O) groups is 1. The fourth-order valence-electron chi connectivity index (χ4n) is 2.97. The first-order valence-electron chi connectivity index (χ1n) is 7.27. The molecule has 4 N–H and O–H groups in total. The first-order chi connectivity index (χ1) is 11.2. The number of amides is 1. The van der Waals surface area contributed by atoms with Gasteiger partial charge in [0.1, 0.15) is 0 Å². The minimum absolute atomic E-state index is 0.347. The largest absolute Gasteiger partial charge is 0.366 e. The molecule has 3 nitrogen and oxygen atoms in total. The summed E-state index contributed by atoms with van der Waals surface area (Å²) in [4.78, 5) is 11.7. The van der Waals surface area contributed by atoms with Crippen LogP contribution in [0.2, 0.25) is 0 Å². The number of nitrogens with two attached hydrogens (primary N) is 2. The highest BCUT2D eigenvalue weighted by Crippen LogP contribution is 2.36. The summed E-state index contributed by atoms with van der Waals surface area (Å²) < 4.78 is 0. The molecule has 112 valence electrons. The van der Waals surface area contributed by atoms with Crippen LogP contribution >= 0.6 is 0 Å². The van der Waals surface area contributed by atoms with E-state index >= 15 is 0 Å². The van der Waals surface area contributed by atoms with Crippen molar-refractivity contribution in [1.29, 1.82) is 0 Å². The third kappa shape index (κ3) is 2.46. The van der Waals surface area contributed by atoms with Gasteiger partial charge in [-0.3, -0.25) is 4.79 Å². The van der Waals surface area contributed by atoms with Gasteiger partial charge >= 0.3 is 0 Å². The Balaban J connectivity index is 0.000000354. The average Bonchev–Trinajstić information content (AvgIpc) is 2.59. The molecule has 4 aromatic rings. The predicted octanol–water partition coefficient (Wildman–Crippen LogP) is 3.26. The first kappa shape index (κ1) is 14.8. The van der Waals surface area contributed by atoms with Gasteiger partial charge in [-0.05, 0) is 38.4 Å². The highest BCUT2D eigenvalue weighted by molar-refractivity contribution is 6.27. The van der Waals surface area contributed by atoms with E-state index in [0.29, 0.717) is 12.1 Å². The summed E-state index contributed by atoms with van der Waals surface area (Å²) in [5.41, 5.74) is 10.9. The van der Waals surface area contributed by atoms with Gasteiger partial charge in [-0.1, -0.05) is 54.5 Å². The van der Waals surface area contributed by atoms with Gasteiger partial charge < -0.3 is 11.5 Å². The van der Waals surface area contributed by atoms with E-state index in [1.165, 1.54) is 10.8 Å². The average molecular weight is 300 g/mol. The van der Waals surface area contributed by atoms with Crippen LogP contribution in [-0.4, -0.2) is 12.5 Å². The van der Waals surface area contributed by atoms with Crippen LogP contribution < -0.4 is 11.5 Å². The van der Waals surface area contributed by atoms with Crippen molar-refractivity contribution in [3.63, 3.8) is 0 Å². The zero-order chi connectivity index (χ0) is 16.4. The Labute approximate surface area is 134 Å². The molecule has 0 bridgehead atoms. The van der Waals surface area contributed by atoms with Crippen LogP contribution in [0.1, 0.15) is 10.4 Å². The van der Waals surface area contributed by atoms with Gasteiger partial charge in [0.25, 0.3) is 0 Å². The van der Waals surface area contributed by atoms with Crippen LogP contribution in [-0.2, 0) is 0 Å². The van der Waals surface area contributed by atoms with Gasteiger partial charge in [-0.15, -0.1) is 6.42 Å².